The van der Waals surface area contributed by atoms with E-state index in [1.54, 1.807) is 0 Å². The zero-order valence-corrected chi connectivity index (χ0v) is 25.5. The minimum atomic E-state index is 0.432. The number of fused-ring (bicyclic) bond motifs is 1. The number of oxazole rings is 1. The lowest BCUT2D eigenvalue weighted by Crippen LogP contribution is -1.98. The van der Waals surface area contributed by atoms with E-state index in [1.807, 2.05) is 91.0 Å². The van der Waals surface area contributed by atoms with E-state index in [-0.39, 0.29) is 0 Å². The van der Waals surface area contributed by atoms with Gasteiger partial charge < -0.3 is 9.15 Å². The zero-order valence-electron chi connectivity index (χ0n) is 25.5. The fourth-order valence-electron chi connectivity index (χ4n) is 5.65. The van der Waals surface area contributed by atoms with E-state index in [2.05, 4.69) is 72.8 Å². The summed E-state index contributed by atoms with van der Waals surface area (Å²) in [5.74, 6) is 1.87. The van der Waals surface area contributed by atoms with E-state index in [9.17, 15) is 0 Å². The molecule has 8 rings (SSSR count). The molecule has 2 heterocycles. The van der Waals surface area contributed by atoms with E-state index in [0.717, 1.165) is 61.4 Å². The van der Waals surface area contributed by atoms with Crippen molar-refractivity contribution in [1.82, 2.24) is 15.0 Å². The number of aromatic nitrogens is 3. The molecule has 0 amide bonds. The van der Waals surface area contributed by atoms with Gasteiger partial charge in [0.2, 0.25) is 5.89 Å². The lowest BCUT2D eigenvalue weighted by molar-refractivity contribution is 0.307. The number of hydrogen-bond donors (Lipinski definition) is 0. The van der Waals surface area contributed by atoms with Gasteiger partial charge >= 0.3 is 0 Å². The van der Waals surface area contributed by atoms with Gasteiger partial charge in [-0.3, -0.25) is 0 Å². The second kappa shape index (κ2) is 12.6. The highest BCUT2D eigenvalue weighted by atomic mass is 16.5. The quantitative estimate of drug-likeness (QED) is 0.172. The third kappa shape index (κ3) is 6.02. The van der Waals surface area contributed by atoms with Crippen molar-refractivity contribution >= 4 is 11.1 Å². The molecule has 0 aliphatic carbocycles. The minimum absolute atomic E-state index is 0.432. The molecule has 2 aromatic heterocycles. The maximum absolute atomic E-state index is 6.35. The smallest absolute Gasteiger partial charge is 0.231 e. The molecule has 0 aliphatic heterocycles. The molecule has 0 aliphatic rings. The molecule has 0 saturated heterocycles. The van der Waals surface area contributed by atoms with Gasteiger partial charge in [0.1, 0.15) is 17.9 Å². The Morgan fingerprint density at radius 2 is 1.06 bits per heavy atom. The summed E-state index contributed by atoms with van der Waals surface area (Å²) in [7, 11) is 0. The topological polar surface area (TPSA) is 61.0 Å². The molecule has 0 atom stereocenters. The molecule has 0 fully saturated rings. The second-order valence-electron chi connectivity index (χ2n) is 11.2. The molecular weight excluding hydrogens is 578 g/mol. The first kappa shape index (κ1) is 28.2. The first-order valence-electron chi connectivity index (χ1n) is 15.5. The van der Waals surface area contributed by atoms with E-state index >= 15 is 0 Å². The van der Waals surface area contributed by atoms with Crippen LogP contribution in [0.2, 0.25) is 0 Å². The lowest BCUT2D eigenvalue weighted by atomic mass is 9.99. The minimum Gasteiger partial charge on any atom is -0.488 e. The summed E-state index contributed by atoms with van der Waals surface area (Å²) in [6.07, 6.45) is 0. The first-order valence-corrected chi connectivity index (χ1v) is 15.5. The molecule has 6 aromatic carbocycles. The van der Waals surface area contributed by atoms with Crippen LogP contribution in [-0.4, -0.2) is 15.0 Å². The third-order valence-electron chi connectivity index (χ3n) is 8.06. The summed E-state index contributed by atoms with van der Waals surface area (Å²) in [6.45, 7) is 0.432. The van der Waals surface area contributed by atoms with Crippen LogP contribution >= 0.6 is 0 Å². The van der Waals surface area contributed by atoms with Crippen LogP contribution in [0.15, 0.2) is 168 Å². The molecule has 47 heavy (non-hydrogen) atoms. The Hall–Kier alpha value is -6.33. The maximum atomic E-state index is 6.35. The summed E-state index contributed by atoms with van der Waals surface area (Å²) in [5, 5.41) is 0. The van der Waals surface area contributed by atoms with E-state index in [1.165, 1.54) is 0 Å². The van der Waals surface area contributed by atoms with Gasteiger partial charge in [0.05, 0.1) is 17.0 Å². The summed E-state index contributed by atoms with van der Waals surface area (Å²) < 4.78 is 12.6. The van der Waals surface area contributed by atoms with Crippen LogP contribution in [0.3, 0.4) is 0 Å². The monoisotopic (exact) mass is 607 g/mol. The van der Waals surface area contributed by atoms with Crippen molar-refractivity contribution < 1.29 is 9.15 Å². The van der Waals surface area contributed by atoms with Crippen molar-refractivity contribution in [2.45, 2.75) is 6.61 Å². The molecule has 5 nitrogen and oxygen atoms in total. The van der Waals surface area contributed by atoms with Crippen LogP contribution in [0, 0.1) is 0 Å². The van der Waals surface area contributed by atoms with Crippen LogP contribution in [0.1, 0.15) is 5.56 Å². The van der Waals surface area contributed by atoms with Crippen LogP contribution in [0.25, 0.3) is 67.6 Å². The number of ether oxygens (including phenoxy) is 1. The van der Waals surface area contributed by atoms with E-state index in [4.69, 9.17) is 24.1 Å². The number of para-hydroxylation sites is 2. The van der Waals surface area contributed by atoms with Crippen molar-refractivity contribution in [2.75, 3.05) is 0 Å². The predicted molar refractivity (Wildman–Crippen MR) is 188 cm³/mol. The number of rotatable bonds is 8. The summed E-state index contributed by atoms with van der Waals surface area (Å²) in [4.78, 5) is 14.9. The molecule has 0 spiro atoms. The number of hydrogen-bond acceptors (Lipinski definition) is 5. The lowest BCUT2D eigenvalue weighted by Gasteiger charge is -2.13. The molecular formula is C42H29N3O2. The van der Waals surface area contributed by atoms with Crippen LogP contribution in [-0.2, 0) is 6.61 Å². The summed E-state index contributed by atoms with van der Waals surface area (Å²) in [6, 6.07) is 54.9. The SMILES string of the molecule is c1ccc(COc2ccc(-c3cccc(-c4nc(-c5ccccc5)cc(-c5ccccc5)n4)c3)cc2-c2nc3ccccc3o2)cc1. The highest BCUT2D eigenvalue weighted by Gasteiger charge is 2.17. The maximum Gasteiger partial charge on any atom is 0.231 e. The Morgan fingerprint density at radius 1 is 0.468 bits per heavy atom. The highest BCUT2D eigenvalue weighted by Crippen LogP contribution is 2.37. The molecule has 0 radical (unpaired) electrons. The van der Waals surface area contributed by atoms with Crippen molar-refractivity contribution in [3.8, 4) is 62.2 Å². The van der Waals surface area contributed by atoms with Crippen molar-refractivity contribution in [3.05, 3.63) is 169 Å². The van der Waals surface area contributed by atoms with Crippen LogP contribution in [0.4, 0.5) is 0 Å². The van der Waals surface area contributed by atoms with E-state index in [0.29, 0.717) is 24.1 Å². The van der Waals surface area contributed by atoms with Gasteiger partial charge in [-0.05, 0) is 53.1 Å². The molecule has 0 N–H and O–H groups in total. The molecule has 0 saturated carbocycles. The standard InChI is InChI=1S/C42H29N3O2/c1-4-13-29(14-5-1)28-46-39-24-23-33(26-35(39)42-45-36-21-10-11-22-40(36)47-42)32-19-12-20-34(25-32)41-43-37(30-15-6-2-7-16-30)27-38(44-41)31-17-8-3-9-18-31/h1-27H,28H2. The Balaban J connectivity index is 1.21. The average Bonchev–Trinajstić information content (AvgIpc) is 3.59. The summed E-state index contributed by atoms with van der Waals surface area (Å²) >= 11 is 0. The van der Waals surface area contributed by atoms with Crippen molar-refractivity contribution in [3.63, 3.8) is 0 Å². The molecule has 0 unspecified atom stereocenters. The van der Waals surface area contributed by atoms with Gasteiger partial charge in [-0.25, -0.2) is 15.0 Å². The van der Waals surface area contributed by atoms with Crippen molar-refractivity contribution in [2.24, 2.45) is 0 Å². The second-order valence-corrected chi connectivity index (χ2v) is 11.2. The normalized spacial score (nSPS) is 11.1. The Bertz CT molecular complexity index is 2210. The van der Waals surface area contributed by atoms with Gasteiger partial charge in [-0.1, -0.05) is 127 Å². The molecule has 5 heteroatoms. The van der Waals surface area contributed by atoms with Crippen LogP contribution < -0.4 is 4.74 Å². The Kier molecular flexibility index (Phi) is 7.54. The van der Waals surface area contributed by atoms with Crippen LogP contribution in [0.5, 0.6) is 5.75 Å². The molecule has 224 valence electrons. The largest absolute Gasteiger partial charge is 0.488 e. The number of benzene rings is 6. The Morgan fingerprint density at radius 3 is 1.77 bits per heavy atom. The van der Waals surface area contributed by atoms with E-state index < -0.39 is 0 Å². The van der Waals surface area contributed by atoms with Gasteiger partial charge in [0.15, 0.2) is 11.4 Å². The fraction of sp³-hybridized carbons (Fsp3) is 0.0238. The average molecular weight is 608 g/mol. The first-order chi connectivity index (χ1) is 23.3. The van der Waals surface area contributed by atoms with Gasteiger partial charge in [-0.2, -0.15) is 0 Å². The van der Waals surface area contributed by atoms with Gasteiger partial charge in [0, 0.05) is 16.7 Å². The molecule has 8 aromatic rings. The van der Waals surface area contributed by atoms with Gasteiger partial charge in [0.25, 0.3) is 0 Å². The fourth-order valence-corrected chi connectivity index (χ4v) is 5.65. The predicted octanol–water partition coefficient (Wildman–Crippen LogP) is 10.5. The highest BCUT2D eigenvalue weighted by molar-refractivity contribution is 5.81. The number of nitrogens with zero attached hydrogens (tertiary/aromatic N) is 3. The Labute approximate surface area is 272 Å². The summed E-state index contributed by atoms with van der Waals surface area (Å²) in [5.41, 5.74) is 10.2. The molecule has 0 bridgehead atoms. The van der Waals surface area contributed by atoms with Crippen molar-refractivity contribution in [1.29, 1.82) is 0 Å². The van der Waals surface area contributed by atoms with Gasteiger partial charge in [-0.15, -0.1) is 0 Å². The third-order valence-corrected chi connectivity index (χ3v) is 8.06. The zero-order chi connectivity index (χ0) is 31.4.